The standard InChI is InChI=1S/C24H22N4O3S2/c29-24(22(18-8-3-1-4-9-18)19-10-5-2-6-11-19)27-14-16-28(17-15-27)33(30,31)21-13-7-12-20-23(21)26-32-25-20/h1-13,22H,14-17H2. The Morgan fingerprint density at radius 1 is 0.788 bits per heavy atom. The number of sulfonamides is 1. The van der Waals surface area contributed by atoms with Crippen LogP contribution in [0.15, 0.2) is 92.5 Å². The van der Waals surface area contributed by atoms with Gasteiger partial charge in [-0.1, -0.05) is 66.7 Å². The van der Waals surface area contributed by atoms with Crippen molar-refractivity contribution in [2.24, 2.45) is 8.73 Å². The van der Waals surface area contributed by atoms with Crippen molar-refractivity contribution < 1.29 is 13.2 Å². The van der Waals surface area contributed by atoms with Gasteiger partial charge in [-0.05, 0) is 23.3 Å². The van der Waals surface area contributed by atoms with Gasteiger partial charge in [0.1, 0.15) is 16.3 Å². The lowest BCUT2D eigenvalue weighted by Crippen LogP contribution is -2.51. The van der Waals surface area contributed by atoms with Crippen LogP contribution in [-0.2, 0) is 26.2 Å². The molecule has 1 saturated heterocycles. The fourth-order valence-corrected chi connectivity index (χ4v) is 6.40. The van der Waals surface area contributed by atoms with E-state index in [1.165, 1.54) is 4.31 Å². The third kappa shape index (κ3) is 4.15. The Labute approximate surface area is 196 Å². The van der Waals surface area contributed by atoms with Crippen molar-refractivity contribution >= 4 is 38.7 Å². The van der Waals surface area contributed by atoms with Gasteiger partial charge < -0.3 is 4.90 Å². The third-order valence-corrected chi connectivity index (χ3v) is 8.40. The minimum absolute atomic E-state index is 0.0183. The van der Waals surface area contributed by atoms with Crippen LogP contribution in [0.4, 0.5) is 11.4 Å². The first-order chi connectivity index (χ1) is 16.1. The fourth-order valence-electron chi connectivity index (χ4n) is 4.23. The molecule has 0 saturated carbocycles. The average molecular weight is 479 g/mol. The van der Waals surface area contributed by atoms with E-state index in [0.717, 1.165) is 22.5 Å². The van der Waals surface area contributed by atoms with Gasteiger partial charge in [-0.3, -0.25) is 4.79 Å². The maximum absolute atomic E-state index is 13.6. The van der Waals surface area contributed by atoms with Crippen molar-refractivity contribution in [1.29, 1.82) is 0 Å². The summed E-state index contributed by atoms with van der Waals surface area (Å²) in [7, 11) is -3.73. The van der Waals surface area contributed by atoms with Crippen LogP contribution in [0, 0.1) is 0 Å². The minimum Gasteiger partial charge on any atom is -0.339 e. The van der Waals surface area contributed by atoms with Gasteiger partial charge in [-0.25, -0.2) is 8.42 Å². The molecule has 0 aromatic heterocycles. The predicted octanol–water partition coefficient (Wildman–Crippen LogP) is 4.08. The number of amides is 1. The molecule has 0 aliphatic carbocycles. The van der Waals surface area contributed by atoms with Gasteiger partial charge in [0.25, 0.3) is 0 Å². The molecule has 0 atom stereocenters. The summed E-state index contributed by atoms with van der Waals surface area (Å²) in [6.45, 7) is 1.13. The minimum atomic E-state index is -3.73. The highest BCUT2D eigenvalue weighted by Gasteiger charge is 2.35. The number of rotatable bonds is 5. The van der Waals surface area contributed by atoms with E-state index in [2.05, 4.69) is 8.73 Å². The van der Waals surface area contributed by atoms with Crippen LogP contribution < -0.4 is 0 Å². The summed E-state index contributed by atoms with van der Waals surface area (Å²) in [5.41, 5.74) is 2.82. The van der Waals surface area contributed by atoms with Crippen molar-refractivity contribution in [3.8, 4) is 0 Å². The molecular formula is C24H22N4O3S2. The second-order valence-corrected chi connectivity index (χ2v) is 10.3. The lowest BCUT2D eigenvalue weighted by molar-refractivity contribution is -0.133. The Bertz CT molecular complexity index is 1310. The molecule has 3 aromatic rings. The van der Waals surface area contributed by atoms with E-state index in [0.29, 0.717) is 24.5 Å². The number of nitrogens with zero attached hydrogens (tertiary/aromatic N) is 4. The van der Waals surface area contributed by atoms with Crippen molar-refractivity contribution in [3.63, 3.8) is 0 Å². The Hall–Kier alpha value is -3.14. The van der Waals surface area contributed by atoms with Crippen LogP contribution in [-0.4, -0.2) is 49.7 Å². The monoisotopic (exact) mass is 478 g/mol. The van der Waals surface area contributed by atoms with Crippen LogP contribution in [0.2, 0.25) is 0 Å². The molecule has 9 heteroatoms. The maximum Gasteiger partial charge on any atom is 0.245 e. The number of carbonyl (C=O) groups excluding carboxylic acids is 1. The number of piperazine rings is 1. The summed E-state index contributed by atoms with van der Waals surface area (Å²) in [6.07, 6.45) is 0. The van der Waals surface area contributed by atoms with E-state index in [4.69, 9.17) is 0 Å². The lowest BCUT2D eigenvalue weighted by Gasteiger charge is -2.36. The molecule has 33 heavy (non-hydrogen) atoms. The number of fused-ring (bicyclic) bond motifs is 1. The third-order valence-electron chi connectivity index (χ3n) is 5.93. The maximum atomic E-state index is 13.6. The highest BCUT2D eigenvalue weighted by atomic mass is 32.2. The predicted molar refractivity (Wildman–Crippen MR) is 128 cm³/mol. The highest BCUT2D eigenvalue weighted by molar-refractivity contribution is 7.89. The lowest BCUT2D eigenvalue weighted by atomic mass is 9.90. The van der Waals surface area contributed by atoms with Crippen LogP contribution in [0.5, 0.6) is 0 Å². The zero-order valence-electron chi connectivity index (χ0n) is 17.7. The number of hydrogen-bond acceptors (Lipinski definition) is 5. The van der Waals surface area contributed by atoms with Crippen LogP contribution in [0.3, 0.4) is 0 Å². The van der Waals surface area contributed by atoms with Crippen LogP contribution >= 0.6 is 0 Å². The summed E-state index contributed by atoms with van der Waals surface area (Å²) in [6, 6.07) is 24.4. The van der Waals surface area contributed by atoms with Gasteiger partial charge in [0.15, 0.2) is 0 Å². The van der Waals surface area contributed by atoms with Gasteiger partial charge in [0.05, 0.1) is 17.3 Å². The Kier molecular flexibility index (Phi) is 5.92. The molecule has 7 nitrogen and oxygen atoms in total. The zero-order valence-corrected chi connectivity index (χ0v) is 19.4. The average Bonchev–Trinajstić information content (AvgIpc) is 3.34. The topological polar surface area (TPSA) is 82.4 Å². The van der Waals surface area contributed by atoms with Crippen LogP contribution in [0.1, 0.15) is 17.0 Å². The van der Waals surface area contributed by atoms with Crippen molar-refractivity contribution in [2.75, 3.05) is 26.2 Å². The largest absolute Gasteiger partial charge is 0.339 e. The number of benzene rings is 3. The van der Waals surface area contributed by atoms with E-state index >= 15 is 0 Å². The first-order valence-corrected chi connectivity index (χ1v) is 12.8. The number of carbonyl (C=O) groups is 1. The summed E-state index contributed by atoms with van der Waals surface area (Å²) in [5.74, 6) is -0.444. The molecule has 2 aliphatic rings. The van der Waals surface area contributed by atoms with Crippen molar-refractivity contribution in [2.45, 2.75) is 10.8 Å². The summed E-state index contributed by atoms with van der Waals surface area (Å²) in [4.78, 5) is 15.5. The Balaban J connectivity index is 1.36. The molecule has 3 aromatic carbocycles. The van der Waals surface area contributed by atoms with Crippen LogP contribution in [0.25, 0.3) is 0 Å². The second-order valence-electron chi connectivity index (χ2n) is 7.87. The molecule has 5 rings (SSSR count). The zero-order chi connectivity index (χ0) is 22.8. The first kappa shape index (κ1) is 21.7. The SMILES string of the molecule is O=C(C(c1ccccc1)c1ccccc1)N1CCN(S(=O)(=O)c2cccc3c2N=S=N3)CC1. The molecule has 2 heterocycles. The molecule has 0 radical (unpaired) electrons. The molecule has 2 aliphatic heterocycles. The van der Waals surface area contributed by atoms with Gasteiger partial charge >= 0.3 is 0 Å². The quantitative estimate of drug-likeness (QED) is 0.433. The fraction of sp³-hybridized carbons (Fsp3) is 0.208. The van der Waals surface area contributed by atoms with Gasteiger partial charge in [-0.15, -0.1) is 0 Å². The van der Waals surface area contributed by atoms with E-state index in [-0.39, 0.29) is 23.9 Å². The molecule has 0 N–H and O–H groups in total. The normalized spacial score (nSPS) is 16.0. The summed E-state index contributed by atoms with van der Waals surface area (Å²) in [5, 5.41) is 0. The smallest absolute Gasteiger partial charge is 0.245 e. The van der Waals surface area contributed by atoms with E-state index in [1.54, 1.807) is 23.1 Å². The van der Waals surface area contributed by atoms with E-state index in [1.807, 2.05) is 60.7 Å². The molecular weight excluding hydrogens is 456 g/mol. The first-order valence-electron chi connectivity index (χ1n) is 10.7. The summed E-state index contributed by atoms with van der Waals surface area (Å²) >= 11 is 0.997. The van der Waals surface area contributed by atoms with E-state index < -0.39 is 15.9 Å². The molecule has 0 bridgehead atoms. The van der Waals surface area contributed by atoms with Gasteiger partial charge in [0.2, 0.25) is 15.9 Å². The Morgan fingerprint density at radius 2 is 1.39 bits per heavy atom. The van der Waals surface area contributed by atoms with Gasteiger partial charge in [-0.2, -0.15) is 13.0 Å². The summed E-state index contributed by atoms with van der Waals surface area (Å²) < 4.78 is 36.4. The molecule has 0 unspecified atom stereocenters. The van der Waals surface area contributed by atoms with Gasteiger partial charge in [0, 0.05) is 26.2 Å². The molecule has 0 spiro atoms. The Morgan fingerprint density at radius 3 is 2.00 bits per heavy atom. The number of hydrogen-bond donors (Lipinski definition) is 0. The molecule has 1 amide bonds. The second kappa shape index (κ2) is 9.01. The highest BCUT2D eigenvalue weighted by Crippen LogP contribution is 2.38. The van der Waals surface area contributed by atoms with Crippen molar-refractivity contribution in [1.82, 2.24) is 9.21 Å². The molecule has 168 valence electrons. The van der Waals surface area contributed by atoms with Crippen molar-refractivity contribution in [3.05, 3.63) is 90.0 Å². The molecule has 1 fully saturated rings. The van der Waals surface area contributed by atoms with E-state index in [9.17, 15) is 13.2 Å².